The molecule has 0 amide bonds. The second kappa shape index (κ2) is 4.62. The molecule has 2 aromatic rings. The number of aliphatic hydroxyl groups is 1. The summed E-state index contributed by atoms with van der Waals surface area (Å²) in [6.07, 6.45) is 0. The maximum atomic E-state index is 9.38. The summed E-state index contributed by atoms with van der Waals surface area (Å²) < 4.78 is 0. The third kappa shape index (κ3) is 2.07. The first-order chi connectivity index (χ1) is 7.72. The molecule has 0 aliphatic heterocycles. The summed E-state index contributed by atoms with van der Waals surface area (Å²) in [6, 6.07) is 12.1. The Balaban J connectivity index is 2.45. The van der Waals surface area contributed by atoms with E-state index in [4.69, 9.17) is 0 Å². The Morgan fingerprint density at radius 2 is 1.88 bits per heavy atom. The van der Waals surface area contributed by atoms with Gasteiger partial charge in [-0.05, 0) is 18.1 Å². The molecule has 1 atom stereocenters. The van der Waals surface area contributed by atoms with E-state index in [-0.39, 0.29) is 12.5 Å². The van der Waals surface area contributed by atoms with Crippen LogP contribution in [-0.4, -0.2) is 16.7 Å². The number of hydrogen-bond acceptors (Lipinski definition) is 2. The van der Waals surface area contributed by atoms with Crippen molar-refractivity contribution in [2.75, 3.05) is 6.61 Å². The second-order valence-electron chi connectivity index (χ2n) is 4.46. The van der Waals surface area contributed by atoms with E-state index in [0.717, 1.165) is 16.6 Å². The van der Waals surface area contributed by atoms with E-state index < -0.39 is 0 Å². The highest BCUT2D eigenvalue weighted by Gasteiger charge is 2.16. The van der Waals surface area contributed by atoms with Crippen molar-refractivity contribution in [3.8, 4) is 0 Å². The van der Waals surface area contributed by atoms with Gasteiger partial charge in [0.1, 0.15) is 0 Å². The van der Waals surface area contributed by atoms with Crippen molar-refractivity contribution in [1.29, 1.82) is 0 Å². The number of benzene rings is 1. The van der Waals surface area contributed by atoms with Crippen LogP contribution in [0.3, 0.4) is 0 Å². The molecule has 1 unspecified atom stereocenters. The fraction of sp³-hybridized carbons (Fsp3) is 0.357. The third-order valence-electron chi connectivity index (χ3n) is 3.00. The minimum Gasteiger partial charge on any atom is -0.396 e. The van der Waals surface area contributed by atoms with Crippen molar-refractivity contribution < 1.29 is 5.11 Å². The Morgan fingerprint density at radius 3 is 2.56 bits per heavy atom. The summed E-state index contributed by atoms with van der Waals surface area (Å²) in [4.78, 5) is 4.61. The third-order valence-corrected chi connectivity index (χ3v) is 3.00. The van der Waals surface area contributed by atoms with Crippen LogP contribution in [0.2, 0.25) is 0 Å². The van der Waals surface area contributed by atoms with Gasteiger partial charge in [-0.2, -0.15) is 0 Å². The molecule has 1 N–H and O–H groups in total. The predicted molar refractivity (Wildman–Crippen MR) is 66.4 cm³/mol. The molecule has 0 spiro atoms. The lowest BCUT2D eigenvalue weighted by atomic mass is 9.92. The fourth-order valence-corrected chi connectivity index (χ4v) is 1.93. The lowest BCUT2D eigenvalue weighted by Gasteiger charge is -2.17. The van der Waals surface area contributed by atoms with Crippen molar-refractivity contribution in [3.63, 3.8) is 0 Å². The maximum Gasteiger partial charge on any atom is 0.0705 e. The number of para-hydroxylation sites is 1. The first kappa shape index (κ1) is 11.1. The van der Waals surface area contributed by atoms with Gasteiger partial charge in [0, 0.05) is 17.0 Å². The zero-order valence-electron chi connectivity index (χ0n) is 9.72. The standard InChI is InChI=1S/C14H17NO/c1-10(2)12(9-16)14-8-7-11-5-3-4-6-13(11)15-14/h3-8,10,12,16H,9H2,1-2H3. The number of aliphatic hydroxyl groups excluding tert-OH is 1. The van der Waals surface area contributed by atoms with E-state index in [9.17, 15) is 5.11 Å². The van der Waals surface area contributed by atoms with Gasteiger partial charge >= 0.3 is 0 Å². The average Bonchev–Trinajstić information content (AvgIpc) is 2.29. The smallest absolute Gasteiger partial charge is 0.0705 e. The summed E-state index contributed by atoms with van der Waals surface area (Å²) in [5, 5.41) is 10.5. The molecule has 1 aromatic carbocycles. The predicted octanol–water partition coefficient (Wildman–Crippen LogP) is 2.97. The zero-order chi connectivity index (χ0) is 11.5. The van der Waals surface area contributed by atoms with Gasteiger partial charge in [0.2, 0.25) is 0 Å². The summed E-state index contributed by atoms with van der Waals surface area (Å²) in [7, 11) is 0. The van der Waals surface area contributed by atoms with E-state index in [1.54, 1.807) is 0 Å². The van der Waals surface area contributed by atoms with Crippen LogP contribution in [-0.2, 0) is 0 Å². The van der Waals surface area contributed by atoms with Crippen molar-refractivity contribution in [1.82, 2.24) is 4.98 Å². The molecule has 0 saturated heterocycles. The zero-order valence-corrected chi connectivity index (χ0v) is 9.72. The molecule has 0 aliphatic rings. The molecule has 2 nitrogen and oxygen atoms in total. The molecule has 1 heterocycles. The lowest BCUT2D eigenvalue weighted by Crippen LogP contribution is -2.12. The van der Waals surface area contributed by atoms with Gasteiger partial charge in [0.25, 0.3) is 0 Å². The van der Waals surface area contributed by atoms with Gasteiger partial charge in [-0.15, -0.1) is 0 Å². The van der Waals surface area contributed by atoms with Crippen molar-refractivity contribution >= 4 is 10.9 Å². The number of nitrogens with zero attached hydrogens (tertiary/aromatic N) is 1. The largest absolute Gasteiger partial charge is 0.396 e. The van der Waals surface area contributed by atoms with Gasteiger partial charge in [-0.3, -0.25) is 4.98 Å². The highest BCUT2D eigenvalue weighted by atomic mass is 16.3. The number of hydrogen-bond donors (Lipinski definition) is 1. The first-order valence-electron chi connectivity index (χ1n) is 5.69. The van der Waals surface area contributed by atoms with Gasteiger partial charge < -0.3 is 5.11 Å². The van der Waals surface area contributed by atoms with Crippen LogP contribution in [0, 0.1) is 5.92 Å². The lowest BCUT2D eigenvalue weighted by molar-refractivity contribution is 0.235. The van der Waals surface area contributed by atoms with Crippen LogP contribution in [0.5, 0.6) is 0 Å². The summed E-state index contributed by atoms with van der Waals surface area (Å²) >= 11 is 0. The summed E-state index contributed by atoms with van der Waals surface area (Å²) in [5.74, 6) is 0.531. The molecule has 0 saturated carbocycles. The normalized spacial score (nSPS) is 13.2. The average molecular weight is 215 g/mol. The van der Waals surface area contributed by atoms with E-state index in [2.05, 4.69) is 31.0 Å². The molecular weight excluding hydrogens is 198 g/mol. The van der Waals surface area contributed by atoms with Crippen LogP contribution < -0.4 is 0 Å². The van der Waals surface area contributed by atoms with Crippen LogP contribution in [0.4, 0.5) is 0 Å². The van der Waals surface area contributed by atoms with Crippen molar-refractivity contribution in [2.45, 2.75) is 19.8 Å². The highest BCUT2D eigenvalue weighted by molar-refractivity contribution is 5.78. The molecule has 0 radical (unpaired) electrons. The van der Waals surface area contributed by atoms with Crippen molar-refractivity contribution in [3.05, 3.63) is 42.1 Å². The molecule has 1 aromatic heterocycles. The van der Waals surface area contributed by atoms with Crippen LogP contribution in [0.1, 0.15) is 25.5 Å². The molecule has 0 bridgehead atoms. The fourth-order valence-electron chi connectivity index (χ4n) is 1.93. The Bertz CT molecular complexity index is 479. The topological polar surface area (TPSA) is 33.1 Å². The van der Waals surface area contributed by atoms with Gasteiger partial charge in [-0.1, -0.05) is 38.1 Å². The van der Waals surface area contributed by atoms with E-state index in [1.165, 1.54) is 0 Å². The van der Waals surface area contributed by atoms with Crippen LogP contribution in [0.25, 0.3) is 10.9 Å². The maximum absolute atomic E-state index is 9.38. The Kier molecular flexibility index (Phi) is 3.20. The van der Waals surface area contributed by atoms with Crippen LogP contribution >= 0.6 is 0 Å². The van der Waals surface area contributed by atoms with E-state index >= 15 is 0 Å². The van der Waals surface area contributed by atoms with Crippen LogP contribution in [0.15, 0.2) is 36.4 Å². The number of fused-ring (bicyclic) bond motifs is 1. The highest BCUT2D eigenvalue weighted by Crippen LogP contribution is 2.24. The number of rotatable bonds is 3. The minimum atomic E-state index is 0.129. The molecule has 2 heteroatoms. The van der Waals surface area contributed by atoms with E-state index in [1.807, 2.05) is 24.3 Å². The van der Waals surface area contributed by atoms with Gasteiger partial charge in [0.15, 0.2) is 0 Å². The quantitative estimate of drug-likeness (QED) is 0.853. The first-order valence-corrected chi connectivity index (χ1v) is 5.69. The molecular formula is C14H17NO. The molecule has 0 aliphatic carbocycles. The second-order valence-corrected chi connectivity index (χ2v) is 4.46. The van der Waals surface area contributed by atoms with Gasteiger partial charge in [-0.25, -0.2) is 0 Å². The number of pyridine rings is 1. The molecule has 84 valence electrons. The van der Waals surface area contributed by atoms with Crippen molar-refractivity contribution in [2.24, 2.45) is 5.92 Å². The number of aromatic nitrogens is 1. The Morgan fingerprint density at radius 1 is 1.12 bits per heavy atom. The molecule has 16 heavy (non-hydrogen) atoms. The molecule has 2 rings (SSSR count). The summed E-state index contributed by atoms with van der Waals surface area (Å²) in [6.45, 7) is 4.37. The van der Waals surface area contributed by atoms with E-state index in [0.29, 0.717) is 5.92 Å². The monoisotopic (exact) mass is 215 g/mol. The minimum absolute atomic E-state index is 0.129. The van der Waals surface area contributed by atoms with Gasteiger partial charge in [0.05, 0.1) is 12.1 Å². The summed E-state index contributed by atoms with van der Waals surface area (Å²) in [5.41, 5.74) is 1.98. The molecule has 0 fully saturated rings. The SMILES string of the molecule is CC(C)C(CO)c1ccc2ccccc2n1. The Labute approximate surface area is 96.0 Å². The Hall–Kier alpha value is -1.41.